The molecule has 1 aliphatic rings. The quantitative estimate of drug-likeness (QED) is 0.845. The Hall–Kier alpha value is -1.02. The van der Waals surface area contributed by atoms with E-state index in [0.717, 1.165) is 12.2 Å². The average Bonchev–Trinajstić information content (AvgIpc) is 2.64. The van der Waals surface area contributed by atoms with Gasteiger partial charge in [0.05, 0.1) is 6.04 Å². The molecule has 17 heavy (non-hydrogen) atoms. The number of hydrogen-bond acceptors (Lipinski definition) is 2. The molecule has 2 rings (SSSR count). The van der Waals surface area contributed by atoms with Gasteiger partial charge < -0.3 is 10.1 Å². The molecular formula is C15H23NO. The highest BCUT2D eigenvalue weighted by Gasteiger charge is 2.35. The number of rotatable bonds is 2. The lowest BCUT2D eigenvalue weighted by Gasteiger charge is -2.22. The van der Waals surface area contributed by atoms with E-state index in [1.54, 1.807) is 0 Å². The highest BCUT2D eigenvalue weighted by Crippen LogP contribution is 2.43. The van der Waals surface area contributed by atoms with Gasteiger partial charge in [0, 0.05) is 5.56 Å². The Morgan fingerprint density at radius 3 is 2.53 bits per heavy atom. The fourth-order valence-electron chi connectivity index (χ4n) is 2.60. The summed E-state index contributed by atoms with van der Waals surface area (Å²) in [5, 5.41) is 3.37. The molecule has 2 unspecified atom stereocenters. The summed E-state index contributed by atoms with van der Waals surface area (Å²) in [6.07, 6.45) is 1.29. The number of nitrogens with one attached hydrogen (secondary N) is 1. The van der Waals surface area contributed by atoms with Crippen LogP contribution in [0, 0.1) is 0 Å². The number of benzene rings is 1. The second-order valence-corrected chi connectivity index (χ2v) is 5.80. The van der Waals surface area contributed by atoms with Gasteiger partial charge in [-0.25, -0.2) is 0 Å². The van der Waals surface area contributed by atoms with Crippen molar-refractivity contribution in [3.63, 3.8) is 0 Å². The molecule has 0 saturated heterocycles. The van der Waals surface area contributed by atoms with Crippen molar-refractivity contribution in [1.29, 1.82) is 0 Å². The van der Waals surface area contributed by atoms with Gasteiger partial charge in [0.1, 0.15) is 11.9 Å². The van der Waals surface area contributed by atoms with Crippen LogP contribution in [0.2, 0.25) is 0 Å². The van der Waals surface area contributed by atoms with Crippen LogP contribution in [0.3, 0.4) is 0 Å². The van der Waals surface area contributed by atoms with Gasteiger partial charge in [-0.1, -0.05) is 45.9 Å². The second kappa shape index (κ2) is 4.34. The molecule has 0 amide bonds. The topological polar surface area (TPSA) is 21.3 Å². The monoisotopic (exact) mass is 233 g/mol. The van der Waals surface area contributed by atoms with Gasteiger partial charge >= 0.3 is 0 Å². The highest BCUT2D eigenvalue weighted by molar-refractivity contribution is 5.49. The fraction of sp³-hybridized carbons (Fsp3) is 0.600. The number of ether oxygens (including phenoxy) is 1. The maximum Gasteiger partial charge on any atom is 0.128 e. The highest BCUT2D eigenvalue weighted by atomic mass is 16.5. The Bertz CT molecular complexity index is 406. The molecule has 0 radical (unpaired) electrons. The summed E-state index contributed by atoms with van der Waals surface area (Å²) in [4.78, 5) is 0. The maximum absolute atomic E-state index is 6.15. The summed E-state index contributed by atoms with van der Waals surface area (Å²) in [6.45, 7) is 8.89. The van der Waals surface area contributed by atoms with E-state index in [4.69, 9.17) is 4.74 Å². The van der Waals surface area contributed by atoms with Crippen molar-refractivity contribution in [2.75, 3.05) is 7.05 Å². The largest absolute Gasteiger partial charge is 0.488 e. The third kappa shape index (κ3) is 2.06. The molecule has 0 bridgehead atoms. The number of likely N-dealkylation sites (N-methyl/N-ethyl adjacent to an activating group) is 1. The molecule has 2 nitrogen and oxygen atoms in total. The van der Waals surface area contributed by atoms with Gasteiger partial charge in [-0.15, -0.1) is 0 Å². The Morgan fingerprint density at radius 1 is 1.29 bits per heavy atom. The smallest absolute Gasteiger partial charge is 0.128 e. The van der Waals surface area contributed by atoms with E-state index in [1.807, 2.05) is 7.05 Å². The Morgan fingerprint density at radius 2 is 2.00 bits per heavy atom. The first kappa shape index (κ1) is 12.4. The fourth-order valence-corrected chi connectivity index (χ4v) is 2.60. The van der Waals surface area contributed by atoms with Crippen LogP contribution in [-0.2, 0) is 5.41 Å². The molecule has 1 aromatic carbocycles. The molecule has 1 heterocycles. The average molecular weight is 233 g/mol. The van der Waals surface area contributed by atoms with E-state index in [1.165, 1.54) is 11.1 Å². The van der Waals surface area contributed by atoms with Crippen LogP contribution in [-0.4, -0.2) is 13.2 Å². The van der Waals surface area contributed by atoms with Gasteiger partial charge in [0.2, 0.25) is 0 Å². The predicted molar refractivity (Wildman–Crippen MR) is 71.6 cm³/mol. The molecule has 0 aromatic heterocycles. The summed E-state index contributed by atoms with van der Waals surface area (Å²) in [6, 6.07) is 6.84. The van der Waals surface area contributed by atoms with Crippen LogP contribution >= 0.6 is 0 Å². The van der Waals surface area contributed by atoms with E-state index in [9.17, 15) is 0 Å². The summed E-state index contributed by atoms with van der Waals surface area (Å²) in [7, 11) is 2.01. The molecule has 2 atom stereocenters. The van der Waals surface area contributed by atoms with Gasteiger partial charge in [-0.05, 0) is 24.4 Å². The van der Waals surface area contributed by atoms with Crippen molar-refractivity contribution in [3.8, 4) is 5.75 Å². The normalized spacial score (nSPS) is 23.4. The molecule has 0 spiro atoms. The molecule has 0 fully saturated rings. The van der Waals surface area contributed by atoms with E-state index in [0.29, 0.717) is 6.04 Å². The Kier molecular flexibility index (Phi) is 3.17. The van der Waals surface area contributed by atoms with Crippen LogP contribution in [0.5, 0.6) is 5.75 Å². The summed E-state index contributed by atoms with van der Waals surface area (Å²) in [5.74, 6) is 1.10. The van der Waals surface area contributed by atoms with E-state index in [-0.39, 0.29) is 11.5 Å². The first-order valence-corrected chi connectivity index (χ1v) is 6.46. The van der Waals surface area contributed by atoms with Crippen molar-refractivity contribution >= 4 is 0 Å². The standard InChI is InChI=1S/C15H23NO/c1-6-12-13(16-5)10-8-7-9-11(14(10)17-12)15(2,3)4/h7-9,12-13,16H,6H2,1-5H3. The van der Waals surface area contributed by atoms with Gasteiger partial charge in [-0.2, -0.15) is 0 Å². The minimum atomic E-state index is 0.131. The predicted octanol–water partition coefficient (Wildman–Crippen LogP) is 3.42. The van der Waals surface area contributed by atoms with E-state index < -0.39 is 0 Å². The van der Waals surface area contributed by atoms with Crippen molar-refractivity contribution in [2.24, 2.45) is 0 Å². The van der Waals surface area contributed by atoms with Crippen molar-refractivity contribution < 1.29 is 4.74 Å². The molecule has 1 aromatic rings. The van der Waals surface area contributed by atoms with Crippen molar-refractivity contribution in [3.05, 3.63) is 29.3 Å². The van der Waals surface area contributed by atoms with Crippen LogP contribution < -0.4 is 10.1 Å². The lowest BCUT2D eigenvalue weighted by atomic mass is 9.85. The molecule has 94 valence electrons. The third-order valence-electron chi connectivity index (χ3n) is 3.54. The molecule has 1 aliphatic heterocycles. The van der Waals surface area contributed by atoms with Crippen LogP contribution in [0.4, 0.5) is 0 Å². The first-order valence-electron chi connectivity index (χ1n) is 6.46. The molecular weight excluding hydrogens is 210 g/mol. The third-order valence-corrected chi connectivity index (χ3v) is 3.54. The zero-order valence-corrected chi connectivity index (χ0v) is 11.5. The lowest BCUT2D eigenvalue weighted by Crippen LogP contribution is -2.27. The number of fused-ring (bicyclic) bond motifs is 1. The van der Waals surface area contributed by atoms with E-state index in [2.05, 4.69) is 51.2 Å². The van der Waals surface area contributed by atoms with Gasteiger partial charge in [-0.3, -0.25) is 0 Å². The maximum atomic E-state index is 6.15. The second-order valence-electron chi connectivity index (χ2n) is 5.80. The summed E-state index contributed by atoms with van der Waals surface area (Å²) >= 11 is 0. The van der Waals surface area contributed by atoms with E-state index >= 15 is 0 Å². The molecule has 1 N–H and O–H groups in total. The zero-order chi connectivity index (χ0) is 12.6. The molecule has 2 heteroatoms. The molecule has 0 aliphatic carbocycles. The number of para-hydroxylation sites is 1. The SMILES string of the molecule is CCC1Oc2c(cccc2C(C)(C)C)C1NC. The minimum Gasteiger partial charge on any atom is -0.488 e. The van der Waals surface area contributed by atoms with Crippen molar-refractivity contribution in [2.45, 2.75) is 51.7 Å². The van der Waals surface area contributed by atoms with Crippen LogP contribution in [0.15, 0.2) is 18.2 Å². The van der Waals surface area contributed by atoms with Crippen LogP contribution in [0.25, 0.3) is 0 Å². The van der Waals surface area contributed by atoms with Gasteiger partial charge in [0.25, 0.3) is 0 Å². The summed E-state index contributed by atoms with van der Waals surface area (Å²) < 4.78 is 6.15. The Labute approximate surface area is 104 Å². The van der Waals surface area contributed by atoms with Crippen molar-refractivity contribution in [1.82, 2.24) is 5.32 Å². The number of hydrogen-bond donors (Lipinski definition) is 1. The first-order chi connectivity index (χ1) is 7.99. The van der Waals surface area contributed by atoms with Gasteiger partial charge in [0.15, 0.2) is 0 Å². The molecule has 0 saturated carbocycles. The lowest BCUT2D eigenvalue weighted by molar-refractivity contribution is 0.186. The Balaban J connectivity index is 2.49. The zero-order valence-electron chi connectivity index (χ0n) is 11.5. The minimum absolute atomic E-state index is 0.131. The summed E-state index contributed by atoms with van der Waals surface area (Å²) in [5.41, 5.74) is 2.75. The van der Waals surface area contributed by atoms with Crippen LogP contribution in [0.1, 0.15) is 51.3 Å².